The SMILES string of the molecule is c1ccc(-c2nc(-c3cccc4c3-c3ccccc3C4(c3ccccc3)c3ccccc3)nc(-c3cccc4oc5cc(-c6nc7ccccc7n6-c6ccccc6)ccc5c34)n2)cc1. The van der Waals surface area contributed by atoms with Gasteiger partial charge in [-0.15, -0.1) is 0 Å². The second kappa shape index (κ2) is 14.7. The number of fused-ring (bicyclic) bond motifs is 7. The van der Waals surface area contributed by atoms with Crippen molar-refractivity contribution in [3.63, 3.8) is 0 Å². The Labute approximate surface area is 374 Å². The van der Waals surface area contributed by atoms with Crippen LogP contribution in [0, 0.1) is 0 Å². The highest BCUT2D eigenvalue weighted by Crippen LogP contribution is 2.58. The van der Waals surface area contributed by atoms with E-state index >= 15 is 0 Å². The average Bonchev–Trinajstić information content (AvgIpc) is 4.06. The van der Waals surface area contributed by atoms with Gasteiger partial charge in [0.1, 0.15) is 17.0 Å². The highest BCUT2D eigenvalue weighted by atomic mass is 16.3. The smallest absolute Gasteiger partial charge is 0.164 e. The maximum atomic E-state index is 6.72. The van der Waals surface area contributed by atoms with E-state index in [9.17, 15) is 0 Å². The Hall–Kier alpha value is -8.74. The van der Waals surface area contributed by atoms with E-state index in [-0.39, 0.29) is 0 Å². The molecule has 1 aliphatic rings. The van der Waals surface area contributed by atoms with Crippen LogP contribution in [0.2, 0.25) is 0 Å². The fraction of sp³-hybridized carbons (Fsp3) is 0.0169. The van der Waals surface area contributed by atoms with Crippen molar-refractivity contribution in [2.24, 2.45) is 0 Å². The number of hydrogen-bond acceptors (Lipinski definition) is 5. The van der Waals surface area contributed by atoms with E-state index in [4.69, 9.17) is 24.4 Å². The first-order valence-corrected chi connectivity index (χ1v) is 21.9. The second-order valence-corrected chi connectivity index (χ2v) is 16.5. The monoisotopic (exact) mass is 831 g/mol. The Morgan fingerprint density at radius 3 is 1.75 bits per heavy atom. The molecule has 6 nitrogen and oxygen atoms in total. The van der Waals surface area contributed by atoms with Gasteiger partial charge in [-0.2, -0.15) is 0 Å². The zero-order valence-electron chi connectivity index (χ0n) is 35.0. The largest absolute Gasteiger partial charge is 0.456 e. The molecule has 0 aliphatic heterocycles. The molecule has 3 aromatic heterocycles. The lowest BCUT2D eigenvalue weighted by Crippen LogP contribution is -2.28. The molecule has 9 aromatic carbocycles. The van der Waals surface area contributed by atoms with Crippen molar-refractivity contribution in [1.29, 1.82) is 0 Å². The minimum atomic E-state index is -0.562. The Morgan fingerprint density at radius 2 is 0.985 bits per heavy atom. The summed E-state index contributed by atoms with van der Waals surface area (Å²) in [5.74, 6) is 2.61. The van der Waals surface area contributed by atoms with E-state index in [2.05, 4.69) is 187 Å². The van der Waals surface area contributed by atoms with Gasteiger partial charge in [0.05, 0.1) is 16.4 Å². The molecule has 1 aliphatic carbocycles. The van der Waals surface area contributed by atoms with Crippen molar-refractivity contribution in [1.82, 2.24) is 24.5 Å². The molecule has 3 heterocycles. The van der Waals surface area contributed by atoms with Crippen LogP contribution >= 0.6 is 0 Å². The first kappa shape index (κ1) is 36.9. The van der Waals surface area contributed by atoms with Gasteiger partial charge >= 0.3 is 0 Å². The van der Waals surface area contributed by atoms with E-state index < -0.39 is 5.41 Å². The summed E-state index contributed by atoms with van der Waals surface area (Å²) in [5.41, 5.74) is 14.7. The van der Waals surface area contributed by atoms with E-state index in [1.165, 1.54) is 22.3 Å². The maximum Gasteiger partial charge on any atom is 0.164 e. The number of para-hydroxylation sites is 3. The molecule has 0 amide bonds. The molecule has 0 N–H and O–H groups in total. The van der Waals surface area contributed by atoms with Crippen molar-refractivity contribution in [2.75, 3.05) is 0 Å². The first-order valence-electron chi connectivity index (χ1n) is 21.9. The van der Waals surface area contributed by atoms with E-state index in [1.807, 2.05) is 42.5 Å². The average molecular weight is 832 g/mol. The molecule has 0 unspecified atom stereocenters. The minimum Gasteiger partial charge on any atom is -0.456 e. The van der Waals surface area contributed by atoms with Gasteiger partial charge < -0.3 is 4.42 Å². The van der Waals surface area contributed by atoms with Crippen molar-refractivity contribution in [3.05, 3.63) is 247 Å². The number of imidazole rings is 1. The molecule has 65 heavy (non-hydrogen) atoms. The number of benzene rings is 9. The predicted molar refractivity (Wildman–Crippen MR) is 261 cm³/mol. The molecular weight excluding hydrogens is 795 g/mol. The Balaban J connectivity index is 1.02. The van der Waals surface area contributed by atoms with Crippen LogP contribution in [0.1, 0.15) is 22.3 Å². The number of hydrogen-bond donors (Lipinski definition) is 0. The number of furan rings is 1. The summed E-state index contributed by atoms with van der Waals surface area (Å²) in [6.07, 6.45) is 0. The fourth-order valence-corrected chi connectivity index (χ4v) is 10.2. The van der Waals surface area contributed by atoms with Gasteiger partial charge in [-0.05, 0) is 75.8 Å². The van der Waals surface area contributed by atoms with E-state index in [0.29, 0.717) is 17.5 Å². The van der Waals surface area contributed by atoms with Gasteiger partial charge in [0.2, 0.25) is 0 Å². The molecule has 0 bridgehead atoms. The van der Waals surface area contributed by atoms with Crippen molar-refractivity contribution in [3.8, 4) is 62.4 Å². The number of rotatable bonds is 7. The van der Waals surface area contributed by atoms with Crippen LogP contribution in [0.25, 0.3) is 95.3 Å². The fourth-order valence-electron chi connectivity index (χ4n) is 10.2. The summed E-state index contributed by atoms with van der Waals surface area (Å²) in [7, 11) is 0. The van der Waals surface area contributed by atoms with Gasteiger partial charge in [-0.1, -0.05) is 182 Å². The van der Waals surface area contributed by atoms with Gasteiger partial charge in [-0.3, -0.25) is 4.57 Å². The summed E-state index contributed by atoms with van der Waals surface area (Å²) in [6, 6.07) is 78.4. The Bertz CT molecular complexity index is 3730. The Morgan fingerprint density at radius 1 is 0.400 bits per heavy atom. The third-order valence-corrected chi connectivity index (χ3v) is 13.0. The zero-order chi connectivity index (χ0) is 42.9. The third-order valence-electron chi connectivity index (χ3n) is 13.0. The highest BCUT2D eigenvalue weighted by molar-refractivity contribution is 6.12. The van der Waals surface area contributed by atoms with Gasteiger partial charge in [0.25, 0.3) is 0 Å². The molecule has 0 atom stereocenters. The van der Waals surface area contributed by atoms with Crippen LogP contribution in [0.4, 0.5) is 0 Å². The lowest BCUT2D eigenvalue weighted by molar-refractivity contribution is 0.669. The predicted octanol–water partition coefficient (Wildman–Crippen LogP) is 14.1. The molecule has 0 fully saturated rings. The third kappa shape index (κ3) is 5.67. The highest BCUT2D eigenvalue weighted by Gasteiger charge is 2.47. The molecule has 0 saturated heterocycles. The lowest BCUT2D eigenvalue weighted by atomic mass is 9.67. The summed E-state index contributed by atoms with van der Waals surface area (Å²) in [4.78, 5) is 21.1. The zero-order valence-corrected chi connectivity index (χ0v) is 35.0. The van der Waals surface area contributed by atoms with Crippen LogP contribution < -0.4 is 0 Å². The first-order chi connectivity index (χ1) is 32.2. The second-order valence-electron chi connectivity index (χ2n) is 16.5. The minimum absolute atomic E-state index is 0.562. The lowest BCUT2D eigenvalue weighted by Gasteiger charge is -2.33. The summed E-state index contributed by atoms with van der Waals surface area (Å²) in [5, 5.41) is 1.91. The van der Waals surface area contributed by atoms with Crippen LogP contribution in [0.5, 0.6) is 0 Å². The van der Waals surface area contributed by atoms with E-state index in [0.717, 1.165) is 77.9 Å². The molecule has 0 spiro atoms. The summed E-state index contributed by atoms with van der Waals surface area (Å²) < 4.78 is 8.94. The summed E-state index contributed by atoms with van der Waals surface area (Å²) >= 11 is 0. The molecular formula is C59H37N5O. The van der Waals surface area contributed by atoms with Crippen LogP contribution in [0.15, 0.2) is 229 Å². The van der Waals surface area contributed by atoms with E-state index in [1.54, 1.807) is 0 Å². The van der Waals surface area contributed by atoms with Gasteiger partial charge in [0.15, 0.2) is 17.5 Å². The topological polar surface area (TPSA) is 69.6 Å². The quantitative estimate of drug-likeness (QED) is 0.160. The maximum absolute atomic E-state index is 6.72. The molecule has 12 aromatic rings. The molecule has 304 valence electrons. The van der Waals surface area contributed by atoms with Crippen LogP contribution in [-0.4, -0.2) is 24.5 Å². The number of aromatic nitrogens is 5. The summed E-state index contributed by atoms with van der Waals surface area (Å²) in [6.45, 7) is 0. The molecule has 6 heteroatoms. The number of nitrogens with zero attached hydrogens (tertiary/aromatic N) is 5. The van der Waals surface area contributed by atoms with Crippen molar-refractivity contribution >= 4 is 33.0 Å². The molecule has 13 rings (SSSR count). The van der Waals surface area contributed by atoms with Crippen molar-refractivity contribution < 1.29 is 4.42 Å². The standard InChI is InChI=1S/C59H37N5O/c1-5-19-38(20-6-1)55-61-56(45-28-17-31-48-53(45)43-27-13-14-30-47(43)59(48,40-21-7-2-8-22-40)41-23-9-3-10-24-41)63-57(62-55)46-29-18-34-51-54(46)44-36-35-39(37-52(44)65-51)58-60-49-32-15-16-33-50(49)64(58)42-25-11-4-12-26-42/h1-37H. The van der Waals surface area contributed by atoms with Crippen molar-refractivity contribution in [2.45, 2.75) is 5.41 Å². The Kier molecular flexibility index (Phi) is 8.33. The normalized spacial score (nSPS) is 12.7. The molecule has 0 saturated carbocycles. The van der Waals surface area contributed by atoms with Gasteiger partial charge in [-0.25, -0.2) is 19.9 Å². The van der Waals surface area contributed by atoms with Crippen LogP contribution in [-0.2, 0) is 5.41 Å². The van der Waals surface area contributed by atoms with Crippen LogP contribution in [0.3, 0.4) is 0 Å². The molecule has 0 radical (unpaired) electrons. The van der Waals surface area contributed by atoms with Gasteiger partial charge in [0, 0.05) is 38.7 Å².